The molecule has 0 heterocycles. The SMILES string of the molecule is CC(=O)c1ccc(NC(=O)C(C)Sc2ccc(NC(=O)/C(=C/c3ccc(Cl)cc3Cl)NC(=O)c3ccccc3)cc2)cc1. The van der Waals surface area contributed by atoms with Crippen LogP contribution in [-0.2, 0) is 9.59 Å². The standard InChI is InChI=1S/C33H27Cl2N3O4S/c1-20(39)22-9-12-26(13-10-22)36-31(40)21(2)43-28-16-14-27(15-17-28)37-33(42)30(18-24-8-11-25(34)19-29(24)35)38-32(41)23-6-4-3-5-7-23/h3-19,21H,1-2H3,(H,36,40)(H,37,42)(H,38,41)/b30-18-. The molecule has 0 spiro atoms. The van der Waals surface area contributed by atoms with Crippen LogP contribution in [0.3, 0.4) is 0 Å². The second-order valence-electron chi connectivity index (χ2n) is 9.41. The van der Waals surface area contributed by atoms with Crippen LogP contribution in [0.15, 0.2) is 108 Å². The Morgan fingerprint density at radius 3 is 2.02 bits per heavy atom. The van der Waals surface area contributed by atoms with E-state index in [4.69, 9.17) is 23.2 Å². The van der Waals surface area contributed by atoms with E-state index in [1.807, 2.05) is 0 Å². The lowest BCUT2D eigenvalue weighted by Crippen LogP contribution is -2.30. The number of carbonyl (C=O) groups is 4. The fourth-order valence-electron chi connectivity index (χ4n) is 3.82. The van der Waals surface area contributed by atoms with E-state index in [0.717, 1.165) is 4.90 Å². The van der Waals surface area contributed by atoms with Crippen LogP contribution in [0.4, 0.5) is 11.4 Å². The molecule has 0 aliphatic heterocycles. The third kappa shape index (κ3) is 9.06. The Bertz CT molecular complexity index is 1680. The maximum Gasteiger partial charge on any atom is 0.272 e. The van der Waals surface area contributed by atoms with Crippen LogP contribution in [0.5, 0.6) is 0 Å². The molecule has 0 saturated carbocycles. The zero-order valence-corrected chi connectivity index (χ0v) is 25.5. The van der Waals surface area contributed by atoms with Crippen LogP contribution in [0.25, 0.3) is 6.08 Å². The van der Waals surface area contributed by atoms with Gasteiger partial charge in [0, 0.05) is 37.4 Å². The number of Topliss-reactive ketones (excluding diaryl/α,β-unsaturated/α-hetero) is 1. The Morgan fingerprint density at radius 1 is 0.767 bits per heavy atom. The maximum atomic E-state index is 13.3. The Kier molecular flexibility index (Phi) is 10.8. The van der Waals surface area contributed by atoms with Gasteiger partial charge in [0.2, 0.25) is 5.91 Å². The fraction of sp³-hybridized carbons (Fsp3) is 0.0909. The molecule has 1 atom stereocenters. The quantitative estimate of drug-likeness (QED) is 0.0944. The molecule has 0 aromatic heterocycles. The number of rotatable bonds is 10. The van der Waals surface area contributed by atoms with Crippen molar-refractivity contribution in [2.24, 2.45) is 0 Å². The largest absolute Gasteiger partial charge is 0.325 e. The number of hydrogen-bond donors (Lipinski definition) is 3. The van der Waals surface area contributed by atoms with Gasteiger partial charge >= 0.3 is 0 Å². The molecule has 3 amide bonds. The average Bonchev–Trinajstić information content (AvgIpc) is 2.99. The van der Waals surface area contributed by atoms with Crippen molar-refractivity contribution in [1.82, 2.24) is 5.32 Å². The predicted octanol–water partition coefficient (Wildman–Crippen LogP) is 7.72. The van der Waals surface area contributed by atoms with Gasteiger partial charge in [-0.15, -0.1) is 11.8 Å². The first-order valence-electron chi connectivity index (χ1n) is 13.1. The van der Waals surface area contributed by atoms with E-state index in [-0.39, 0.29) is 17.4 Å². The molecule has 7 nitrogen and oxygen atoms in total. The number of hydrogen-bond acceptors (Lipinski definition) is 5. The molecule has 0 saturated heterocycles. The van der Waals surface area contributed by atoms with Crippen molar-refractivity contribution in [3.63, 3.8) is 0 Å². The highest BCUT2D eigenvalue weighted by atomic mass is 35.5. The summed E-state index contributed by atoms with van der Waals surface area (Å²) in [6.45, 7) is 3.27. The van der Waals surface area contributed by atoms with Crippen molar-refractivity contribution in [2.75, 3.05) is 10.6 Å². The molecule has 3 N–H and O–H groups in total. The van der Waals surface area contributed by atoms with Crippen LogP contribution in [0, 0.1) is 0 Å². The van der Waals surface area contributed by atoms with Gasteiger partial charge in [-0.05, 0) is 98.3 Å². The fourth-order valence-corrected chi connectivity index (χ4v) is 5.15. The molecule has 0 aliphatic carbocycles. The van der Waals surface area contributed by atoms with Gasteiger partial charge in [0.1, 0.15) is 5.70 Å². The summed E-state index contributed by atoms with van der Waals surface area (Å²) >= 11 is 13.7. The second-order valence-corrected chi connectivity index (χ2v) is 11.7. The number of carbonyl (C=O) groups excluding carboxylic acids is 4. The van der Waals surface area contributed by atoms with Gasteiger partial charge in [0.15, 0.2) is 5.78 Å². The molecular formula is C33H27Cl2N3O4S. The van der Waals surface area contributed by atoms with E-state index in [9.17, 15) is 19.2 Å². The van der Waals surface area contributed by atoms with E-state index < -0.39 is 17.1 Å². The number of nitrogens with one attached hydrogen (secondary N) is 3. The van der Waals surface area contributed by atoms with E-state index in [1.54, 1.807) is 104 Å². The summed E-state index contributed by atoms with van der Waals surface area (Å²) in [5.41, 5.74) is 2.53. The summed E-state index contributed by atoms with van der Waals surface area (Å²) in [6, 6.07) is 27.1. The van der Waals surface area contributed by atoms with Gasteiger partial charge < -0.3 is 16.0 Å². The number of amides is 3. The molecule has 4 rings (SSSR count). The maximum absolute atomic E-state index is 13.3. The number of thioether (sulfide) groups is 1. The molecule has 0 bridgehead atoms. The van der Waals surface area contributed by atoms with Crippen molar-refractivity contribution in [3.05, 3.63) is 129 Å². The van der Waals surface area contributed by atoms with Gasteiger partial charge in [-0.2, -0.15) is 0 Å². The second kappa shape index (κ2) is 14.7. The van der Waals surface area contributed by atoms with Crippen molar-refractivity contribution < 1.29 is 19.2 Å². The molecule has 218 valence electrons. The molecule has 0 radical (unpaired) electrons. The van der Waals surface area contributed by atoms with Crippen LogP contribution >= 0.6 is 35.0 Å². The Hall–Kier alpha value is -4.37. The Balaban J connectivity index is 1.43. The van der Waals surface area contributed by atoms with Crippen molar-refractivity contribution in [1.29, 1.82) is 0 Å². The van der Waals surface area contributed by atoms with E-state index in [0.29, 0.717) is 38.1 Å². The highest BCUT2D eigenvalue weighted by Gasteiger charge is 2.17. The molecule has 0 aliphatic rings. The number of ketones is 1. The molecule has 4 aromatic rings. The minimum absolute atomic E-state index is 0.0156. The molecule has 4 aromatic carbocycles. The third-order valence-electron chi connectivity index (χ3n) is 6.14. The zero-order chi connectivity index (χ0) is 30.9. The number of anilines is 2. The minimum atomic E-state index is -0.556. The highest BCUT2D eigenvalue weighted by molar-refractivity contribution is 8.00. The van der Waals surface area contributed by atoms with Crippen LogP contribution in [0.1, 0.15) is 40.1 Å². The van der Waals surface area contributed by atoms with Crippen molar-refractivity contribution in [2.45, 2.75) is 24.0 Å². The summed E-state index contributed by atoms with van der Waals surface area (Å²) in [4.78, 5) is 51.1. The van der Waals surface area contributed by atoms with Crippen molar-refractivity contribution in [3.8, 4) is 0 Å². The monoisotopic (exact) mass is 631 g/mol. The topological polar surface area (TPSA) is 104 Å². The van der Waals surface area contributed by atoms with Gasteiger partial charge in [-0.25, -0.2) is 0 Å². The van der Waals surface area contributed by atoms with Crippen molar-refractivity contribution >= 4 is 75.9 Å². The zero-order valence-electron chi connectivity index (χ0n) is 23.2. The molecule has 10 heteroatoms. The first-order chi connectivity index (χ1) is 20.6. The van der Waals surface area contributed by atoms with Gasteiger partial charge in [0.05, 0.1) is 5.25 Å². The van der Waals surface area contributed by atoms with Gasteiger partial charge in [0.25, 0.3) is 11.8 Å². The summed E-state index contributed by atoms with van der Waals surface area (Å²) < 4.78 is 0. The third-order valence-corrected chi connectivity index (χ3v) is 7.82. The first-order valence-corrected chi connectivity index (χ1v) is 14.8. The summed E-state index contributed by atoms with van der Waals surface area (Å²) in [7, 11) is 0. The molecular weight excluding hydrogens is 605 g/mol. The summed E-state index contributed by atoms with van der Waals surface area (Å²) in [5.74, 6) is -1.25. The lowest BCUT2D eigenvalue weighted by Gasteiger charge is -2.14. The Labute approximate surface area is 263 Å². The minimum Gasteiger partial charge on any atom is -0.325 e. The Morgan fingerprint density at radius 2 is 1.40 bits per heavy atom. The first kappa shape index (κ1) is 31.6. The number of halogens is 2. The van der Waals surface area contributed by atoms with E-state index >= 15 is 0 Å². The lowest BCUT2D eigenvalue weighted by molar-refractivity contribution is -0.115. The van der Waals surface area contributed by atoms with Crippen LogP contribution < -0.4 is 16.0 Å². The normalized spacial score (nSPS) is 11.8. The number of benzene rings is 4. The highest BCUT2D eigenvalue weighted by Crippen LogP contribution is 2.27. The predicted molar refractivity (Wildman–Crippen MR) is 174 cm³/mol. The average molecular weight is 633 g/mol. The van der Waals surface area contributed by atoms with Gasteiger partial charge in [-0.3, -0.25) is 19.2 Å². The van der Waals surface area contributed by atoms with E-state index in [2.05, 4.69) is 16.0 Å². The van der Waals surface area contributed by atoms with Crippen LogP contribution in [0.2, 0.25) is 10.0 Å². The summed E-state index contributed by atoms with van der Waals surface area (Å²) in [5, 5.41) is 8.66. The molecule has 1 unspecified atom stereocenters. The van der Waals surface area contributed by atoms with E-state index in [1.165, 1.54) is 24.8 Å². The molecule has 0 fully saturated rings. The lowest BCUT2D eigenvalue weighted by atomic mass is 10.1. The van der Waals surface area contributed by atoms with Crippen LogP contribution in [-0.4, -0.2) is 28.8 Å². The summed E-state index contributed by atoms with van der Waals surface area (Å²) in [6.07, 6.45) is 1.48. The molecule has 43 heavy (non-hydrogen) atoms. The van der Waals surface area contributed by atoms with Gasteiger partial charge in [-0.1, -0.05) is 47.5 Å². The smallest absolute Gasteiger partial charge is 0.272 e.